The van der Waals surface area contributed by atoms with Gasteiger partial charge in [-0.25, -0.2) is 0 Å². The number of piperazine rings is 1. The van der Waals surface area contributed by atoms with Crippen molar-refractivity contribution in [3.63, 3.8) is 0 Å². The van der Waals surface area contributed by atoms with E-state index in [2.05, 4.69) is 15.5 Å². The van der Waals surface area contributed by atoms with Crippen LogP contribution in [0, 0.1) is 0 Å². The van der Waals surface area contributed by atoms with E-state index in [9.17, 15) is 9.59 Å². The van der Waals surface area contributed by atoms with Gasteiger partial charge in [-0.15, -0.1) is 0 Å². The van der Waals surface area contributed by atoms with E-state index in [1.165, 1.54) is 0 Å². The van der Waals surface area contributed by atoms with Crippen LogP contribution in [0.3, 0.4) is 0 Å². The van der Waals surface area contributed by atoms with Gasteiger partial charge in [-0.1, -0.05) is 49.3 Å². The molecule has 138 valence electrons. The lowest BCUT2D eigenvalue weighted by atomic mass is 10.0. The third-order valence-corrected chi connectivity index (χ3v) is 4.43. The fraction of sp³-hybridized carbons (Fsp3) is 0.474. The number of nitrogens with zero attached hydrogens (tertiary/aromatic N) is 3. The lowest BCUT2D eigenvalue weighted by Crippen LogP contribution is -2.52. The molecule has 7 nitrogen and oxygen atoms in total. The average Bonchev–Trinajstić information content (AvgIpc) is 3.11. The molecule has 0 bridgehead atoms. The number of rotatable bonds is 6. The molecule has 26 heavy (non-hydrogen) atoms. The van der Waals surface area contributed by atoms with Gasteiger partial charge in [0.2, 0.25) is 17.7 Å². The van der Waals surface area contributed by atoms with Gasteiger partial charge < -0.3 is 14.7 Å². The highest BCUT2D eigenvalue weighted by Gasteiger charge is 2.33. The fourth-order valence-corrected chi connectivity index (χ4v) is 3.04. The van der Waals surface area contributed by atoms with E-state index in [1.807, 2.05) is 44.2 Å². The first kappa shape index (κ1) is 18.1. The molecule has 2 aromatic rings. The van der Waals surface area contributed by atoms with E-state index >= 15 is 0 Å². The number of hydrogen-bond acceptors (Lipinski definition) is 5. The predicted octanol–water partition coefficient (Wildman–Crippen LogP) is 2.22. The largest absolute Gasteiger partial charge is 0.352 e. The minimum Gasteiger partial charge on any atom is -0.352 e. The zero-order chi connectivity index (χ0) is 18.5. The molecule has 1 aliphatic rings. The topological polar surface area (TPSA) is 88.3 Å². The van der Waals surface area contributed by atoms with Crippen LogP contribution in [0.1, 0.15) is 55.9 Å². The Kier molecular flexibility index (Phi) is 5.65. The van der Waals surface area contributed by atoms with Crippen molar-refractivity contribution in [3.8, 4) is 0 Å². The molecule has 1 fully saturated rings. The SMILES string of the molecule is CC(C)c1noc(CCCC(=O)N2CCNC(=O)C2c2ccccc2)n1. The van der Waals surface area contributed by atoms with E-state index < -0.39 is 6.04 Å². The molecule has 1 aromatic carbocycles. The number of aryl methyl sites for hydroxylation is 1. The number of aromatic nitrogens is 2. The second-order valence-corrected chi connectivity index (χ2v) is 6.75. The number of benzene rings is 1. The smallest absolute Gasteiger partial charge is 0.247 e. The van der Waals surface area contributed by atoms with Crippen molar-refractivity contribution in [3.05, 3.63) is 47.6 Å². The molecule has 1 unspecified atom stereocenters. The van der Waals surface area contributed by atoms with Gasteiger partial charge in [0.1, 0.15) is 6.04 Å². The maximum Gasteiger partial charge on any atom is 0.247 e. The summed E-state index contributed by atoms with van der Waals surface area (Å²) < 4.78 is 5.21. The Morgan fingerprint density at radius 1 is 1.35 bits per heavy atom. The molecule has 1 atom stereocenters. The molecule has 0 saturated carbocycles. The monoisotopic (exact) mass is 356 g/mol. The highest BCUT2D eigenvalue weighted by atomic mass is 16.5. The average molecular weight is 356 g/mol. The van der Waals surface area contributed by atoms with Crippen LogP contribution < -0.4 is 5.32 Å². The number of carbonyl (C=O) groups is 2. The molecule has 0 radical (unpaired) electrons. The quantitative estimate of drug-likeness (QED) is 0.857. The molecule has 2 heterocycles. The zero-order valence-electron chi connectivity index (χ0n) is 15.1. The van der Waals surface area contributed by atoms with Crippen molar-refractivity contribution >= 4 is 11.8 Å². The minimum absolute atomic E-state index is 0.0303. The Morgan fingerprint density at radius 2 is 2.12 bits per heavy atom. The highest BCUT2D eigenvalue weighted by Crippen LogP contribution is 2.24. The summed E-state index contributed by atoms with van der Waals surface area (Å²) in [5.74, 6) is 1.29. The van der Waals surface area contributed by atoms with Crippen molar-refractivity contribution in [2.75, 3.05) is 13.1 Å². The summed E-state index contributed by atoms with van der Waals surface area (Å²) in [5, 5.41) is 6.78. The minimum atomic E-state index is -0.562. The summed E-state index contributed by atoms with van der Waals surface area (Å²) in [6.07, 6.45) is 1.51. The molecule has 0 aliphatic carbocycles. The van der Waals surface area contributed by atoms with E-state index in [-0.39, 0.29) is 17.7 Å². The van der Waals surface area contributed by atoms with Crippen LogP contribution in [-0.2, 0) is 16.0 Å². The van der Waals surface area contributed by atoms with E-state index in [1.54, 1.807) is 4.90 Å². The van der Waals surface area contributed by atoms with Crippen molar-refractivity contribution in [1.82, 2.24) is 20.4 Å². The molecule has 1 aliphatic heterocycles. The summed E-state index contributed by atoms with van der Waals surface area (Å²) >= 11 is 0. The van der Waals surface area contributed by atoms with Gasteiger partial charge in [0.25, 0.3) is 0 Å². The number of carbonyl (C=O) groups excluding carboxylic acids is 2. The first-order valence-electron chi connectivity index (χ1n) is 9.01. The third kappa shape index (κ3) is 4.09. The molecule has 0 spiro atoms. The van der Waals surface area contributed by atoms with Gasteiger partial charge in [-0.05, 0) is 12.0 Å². The molecule has 1 saturated heterocycles. The Morgan fingerprint density at radius 3 is 2.81 bits per heavy atom. The van der Waals surface area contributed by atoms with Crippen molar-refractivity contribution in [2.45, 2.75) is 45.1 Å². The van der Waals surface area contributed by atoms with Gasteiger partial charge in [-0.3, -0.25) is 9.59 Å². The normalized spacial score (nSPS) is 17.4. The van der Waals surface area contributed by atoms with Gasteiger partial charge >= 0.3 is 0 Å². The Hall–Kier alpha value is -2.70. The van der Waals surface area contributed by atoms with Gasteiger partial charge in [0, 0.05) is 31.8 Å². The van der Waals surface area contributed by atoms with E-state index in [0.717, 1.165) is 5.56 Å². The lowest BCUT2D eigenvalue weighted by molar-refractivity contribution is -0.143. The van der Waals surface area contributed by atoms with Gasteiger partial charge in [-0.2, -0.15) is 4.98 Å². The van der Waals surface area contributed by atoms with E-state index in [0.29, 0.717) is 44.1 Å². The molecular formula is C19H24N4O3. The second-order valence-electron chi connectivity index (χ2n) is 6.75. The number of nitrogens with one attached hydrogen (secondary N) is 1. The second kappa shape index (κ2) is 8.12. The highest BCUT2D eigenvalue weighted by molar-refractivity contribution is 5.89. The lowest BCUT2D eigenvalue weighted by Gasteiger charge is -2.35. The van der Waals surface area contributed by atoms with Crippen LogP contribution in [0.2, 0.25) is 0 Å². The Balaban J connectivity index is 1.60. The van der Waals surface area contributed by atoms with Crippen molar-refractivity contribution < 1.29 is 14.1 Å². The Bertz CT molecular complexity index is 757. The number of hydrogen-bond donors (Lipinski definition) is 1. The van der Waals surface area contributed by atoms with Crippen LogP contribution in [-0.4, -0.2) is 39.9 Å². The number of amides is 2. The van der Waals surface area contributed by atoms with Crippen LogP contribution in [0.5, 0.6) is 0 Å². The first-order valence-corrected chi connectivity index (χ1v) is 9.01. The molecule has 1 aromatic heterocycles. The van der Waals surface area contributed by atoms with Crippen LogP contribution in [0.4, 0.5) is 0 Å². The summed E-state index contributed by atoms with van der Waals surface area (Å²) in [6.45, 7) is 5.00. The van der Waals surface area contributed by atoms with Crippen LogP contribution in [0.25, 0.3) is 0 Å². The van der Waals surface area contributed by atoms with Gasteiger partial charge in [0.05, 0.1) is 0 Å². The molecule has 2 amide bonds. The van der Waals surface area contributed by atoms with Crippen LogP contribution >= 0.6 is 0 Å². The maximum absolute atomic E-state index is 12.7. The van der Waals surface area contributed by atoms with E-state index in [4.69, 9.17) is 4.52 Å². The van der Waals surface area contributed by atoms with Crippen molar-refractivity contribution in [1.29, 1.82) is 0 Å². The standard InChI is InChI=1S/C19H24N4O3/c1-13(2)18-21-15(26-22-18)9-6-10-16(24)23-12-11-20-19(25)17(23)14-7-4-3-5-8-14/h3-5,7-8,13,17H,6,9-12H2,1-2H3,(H,20,25). The molecule has 7 heteroatoms. The maximum atomic E-state index is 12.7. The van der Waals surface area contributed by atoms with Crippen LogP contribution in [0.15, 0.2) is 34.9 Å². The zero-order valence-corrected chi connectivity index (χ0v) is 15.1. The fourth-order valence-electron chi connectivity index (χ4n) is 3.04. The summed E-state index contributed by atoms with van der Waals surface area (Å²) in [6, 6.07) is 8.84. The third-order valence-electron chi connectivity index (χ3n) is 4.43. The summed E-state index contributed by atoms with van der Waals surface area (Å²) in [4.78, 5) is 31.0. The predicted molar refractivity (Wildman–Crippen MR) is 95.2 cm³/mol. The molecule has 3 rings (SSSR count). The molecular weight excluding hydrogens is 332 g/mol. The van der Waals surface area contributed by atoms with Gasteiger partial charge in [0.15, 0.2) is 5.82 Å². The Labute approximate surface area is 152 Å². The summed E-state index contributed by atoms with van der Waals surface area (Å²) in [5.41, 5.74) is 0.830. The summed E-state index contributed by atoms with van der Waals surface area (Å²) in [7, 11) is 0. The first-order chi connectivity index (χ1) is 12.6. The van der Waals surface area contributed by atoms with Crippen molar-refractivity contribution in [2.24, 2.45) is 0 Å². The molecule has 1 N–H and O–H groups in total.